The smallest absolute Gasteiger partial charge is 0.319 e. The average Bonchev–Trinajstić information content (AvgIpc) is 2.65. The second kappa shape index (κ2) is 8.45. The minimum atomic E-state index is -0.359. The quantitative estimate of drug-likeness (QED) is 0.651. The standard InChI is InChI=1S/C20H19ClN4O/c1-14-7-9-15(10-8-14)13-18(16-5-2-3-11-22-16)25-20(26)24-17-6-4-12-23-19(17)21/h2-12,18H,13H2,1H3,(H2,24,25,26). The molecule has 0 spiro atoms. The molecule has 0 radical (unpaired) electrons. The lowest BCUT2D eigenvalue weighted by Crippen LogP contribution is -2.34. The van der Waals surface area contributed by atoms with Crippen LogP contribution in [0.1, 0.15) is 22.9 Å². The highest BCUT2D eigenvalue weighted by Gasteiger charge is 2.17. The van der Waals surface area contributed by atoms with Crippen molar-refractivity contribution in [3.63, 3.8) is 0 Å². The van der Waals surface area contributed by atoms with Gasteiger partial charge in [-0.05, 0) is 43.2 Å². The van der Waals surface area contributed by atoms with E-state index >= 15 is 0 Å². The summed E-state index contributed by atoms with van der Waals surface area (Å²) >= 11 is 6.00. The molecule has 0 fully saturated rings. The summed E-state index contributed by atoms with van der Waals surface area (Å²) in [6.07, 6.45) is 3.92. The van der Waals surface area contributed by atoms with Crippen molar-refractivity contribution in [1.29, 1.82) is 0 Å². The van der Waals surface area contributed by atoms with Crippen LogP contribution in [-0.4, -0.2) is 16.0 Å². The van der Waals surface area contributed by atoms with Crippen LogP contribution in [0.4, 0.5) is 10.5 Å². The Balaban J connectivity index is 1.76. The monoisotopic (exact) mass is 366 g/mol. The minimum Gasteiger partial charge on any atom is -0.329 e. The van der Waals surface area contributed by atoms with Crippen LogP contribution in [0.25, 0.3) is 0 Å². The van der Waals surface area contributed by atoms with Gasteiger partial charge in [-0.1, -0.05) is 47.5 Å². The Hall–Kier alpha value is -2.92. The van der Waals surface area contributed by atoms with Crippen LogP contribution in [0.2, 0.25) is 5.15 Å². The Labute approximate surface area is 157 Å². The highest BCUT2D eigenvalue weighted by atomic mass is 35.5. The largest absolute Gasteiger partial charge is 0.329 e. The third-order valence-electron chi connectivity index (χ3n) is 3.92. The van der Waals surface area contributed by atoms with E-state index in [0.29, 0.717) is 12.1 Å². The second-order valence-corrected chi connectivity index (χ2v) is 6.30. The van der Waals surface area contributed by atoms with Gasteiger partial charge >= 0.3 is 6.03 Å². The molecule has 0 bridgehead atoms. The Kier molecular flexibility index (Phi) is 5.81. The number of carbonyl (C=O) groups excluding carboxylic acids is 1. The number of carbonyl (C=O) groups is 1. The van der Waals surface area contributed by atoms with E-state index in [0.717, 1.165) is 11.3 Å². The fourth-order valence-electron chi connectivity index (χ4n) is 2.57. The van der Waals surface area contributed by atoms with Crippen molar-refractivity contribution in [3.8, 4) is 0 Å². The molecule has 2 N–H and O–H groups in total. The van der Waals surface area contributed by atoms with Crippen molar-refractivity contribution in [2.45, 2.75) is 19.4 Å². The SMILES string of the molecule is Cc1ccc(CC(NC(=O)Nc2cccnc2Cl)c2ccccn2)cc1. The van der Waals surface area contributed by atoms with Crippen molar-refractivity contribution < 1.29 is 4.79 Å². The number of hydrogen-bond acceptors (Lipinski definition) is 3. The van der Waals surface area contributed by atoms with Crippen LogP contribution in [-0.2, 0) is 6.42 Å². The van der Waals surface area contributed by atoms with Gasteiger partial charge in [-0.15, -0.1) is 0 Å². The summed E-state index contributed by atoms with van der Waals surface area (Å²) in [5.41, 5.74) is 3.56. The number of aromatic nitrogens is 2. The van der Waals surface area contributed by atoms with Gasteiger partial charge in [0.15, 0.2) is 5.15 Å². The number of halogens is 1. The molecule has 2 aromatic heterocycles. The summed E-state index contributed by atoms with van der Waals surface area (Å²) in [6.45, 7) is 2.04. The van der Waals surface area contributed by atoms with E-state index in [1.165, 1.54) is 5.56 Å². The highest BCUT2D eigenvalue weighted by Crippen LogP contribution is 2.20. The molecular weight excluding hydrogens is 348 g/mol. The molecule has 3 rings (SSSR count). The number of nitrogens with zero attached hydrogens (tertiary/aromatic N) is 2. The zero-order valence-electron chi connectivity index (χ0n) is 14.3. The molecule has 5 nitrogen and oxygen atoms in total. The van der Waals surface area contributed by atoms with Crippen molar-refractivity contribution >= 4 is 23.3 Å². The molecule has 0 saturated carbocycles. The van der Waals surface area contributed by atoms with Crippen LogP contribution >= 0.6 is 11.6 Å². The Morgan fingerprint density at radius 3 is 2.50 bits per heavy atom. The molecule has 132 valence electrons. The fourth-order valence-corrected chi connectivity index (χ4v) is 2.73. The summed E-state index contributed by atoms with van der Waals surface area (Å²) in [5.74, 6) is 0. The topological polar surface area (TPSA) is 66.9 Å². The number of nitrogens with one attached hydrogen (secondary N) is 2. The molecule has 1 atom stereocenters. The van der Waals surface area contributed by atoms with Crippen molar-refractivity contribution in [2.24, 2.45) is 0 Å². The predicted molar refractivity (Wildman–Crippen MR) is 103 cm³/mol. The highest BCUT2D eigenvalue weighted by molar-refractivity contribution is 6.32. The Morgan fingerprint density at radius 2 is 1.81 bits per heavy atom. The van der Waals surface area contributed by atoms with E-state index in [1.807, 2.05) is 25.1 Å². The van der Waals surface area contributed by atoms with Crippen molar-refractivity contribution in [3.05, 3.63) is 89.0 Å². The van der Waals surface area contributed by atoms with Gasteiger partial charge in [0.2, 0.25) is 0 Å². The third kappa shape index (κ3) is 4.80. The van der Waals surface area contributed by atoms with Gasteiger partial charge < -0.3 is 10.6 Å². The molecule has 2 heterocycles. The molecule has 2 amide bonds. The van der Waals surface area contributed by atoms with Gasteiger partial charge in [0.1, 0.15) is 0 Å². The summed E-state index contributed by atoms with van der Waals surface area (Å²) in [7, 11) is 0. The average molecular weight is 367 g/mol. The lowest BCUT2D eigenvalue weighted by Gasteiger charge is -2.19. The molecule has 6 heteroatoms. The number of hydrogen-bond donors (Lipinski definition) is 2. The summed E-state index contributed by atoms with van der Waals surface area (Å²) in [5, 5.41) is 5.95. The van der Waals surface area contributed by atoms with E-state index in [9.17, 15) is 4.79 Å². The lowest BCUT2D eigenvalue weighted by atomic mass is 10.0. The van der Waals surface area contributed by atoms with E-state index in [1.54, 1.807) is 24.5 Å². The van der Waals surface area contributed by atoms with Crippen molar-refractivity contribution in [2.75, 3.05) is 5.32 Å². The van der Waals surface area contributed by atoms with Gasteiger partial charge in [-0.25, -0.2) is 9.78 Å². The van der Waals surface area contributed by atoms with E-state index in [-0.39, 0.29) is 17.2 Å². The Morgan fingerprint density at radius 1 is 1.04 bits per heavy atom. The molecular formula is C20H19ClN4O. The number of rotatable bonds is 5. The zero-order chi connectivity index (χ0) is 18.4. The van der Waals surface area contributed by atoms with E-state index < -0.39 is 0 Å². The maximum Gasteiger partial charge on any atom is 0.319 e. The maximum absolute atomic E-state index is 12.5. The molecule has 0 saturated heterocycles. The minimum absolute atomic E-state index is 0.246. The van der Waals surface area contributed by atoms with Crippen molar-refractivity contribution in [1.82, 2.24) is 15.3 Å². The fraction of sp³-hybridized carbons (Fsp3) is 0.150. The van der Waals surface area contributed by atoms with E-state index in [4.69, 9.17) is 11.6 Å². The molecule has 0 aliphatic heterocycles. The first-order valence-corrected chi connectivity index (χ1v) is 8.64. The first-order valence-electron chi connectivity index (χ1n) is 8.26. The van der Waals surface area contributed by atoms with Gasteiger partial charge in [-0.3, -0.25) is 4.98 Å². The van der Waals surface area contributed by atoms with Crippen LogP contribution in [0.15, 0.2) is 67.0 Å². The normalized spacial score (nSPS) is 11.6. The number of urea groups is 1. The molecule has 1 aromatic carbocycles. The predicted octanol–water partition coefficient (Wildman–Crippen LogP) is 4.54. The Bertz CT molecular complexity index is 868. The number of anilines is 1. The number of amides is 2. The molecule has 0 aliphatic rings. The summed E-state index contributed by atoms with van der Waals surface area (Å²) in [6, 6.07) is 16.7. The summed E-state index contributed by atoms with van der Waals surface area (Å²) in [4.78, 5) is 20.8. The first kappa shape index (κ1) is 17.9. The first-order chi connectivity index (χ1) is 12.6. The number of pyridine rings is 2. The van der Waals surface area contributed by atoms with Crippen LogP contribution in [0, 0.1) is 6.92 Å². The van der Waals surface area contributed by atoms with Crippen LogP contribution in [0.5, 0.6) is 0 Å². The molecule has 3 aromatic rings. The summed E-state index contributed by atoms with van der Waals surface area (Å²) < 4.78 is 0. The molecule has 0 aliphatic carbocycles. The van der Waals surface area contributed by atoms with Gasteiger partial charge in [0.25, 0.3) is 0 Å². The van der Waals surface area contributed by atoms with Gasteiger partial charge in [-0.2, -0.15) is 0 Å². The third-order valence-corrected chi connectivity index (χ3v) is 4.22. The maximum atomic E-state index is 12.5. The van der Waals surface area contributed by atoms with Crippen LogP contribution in [0.3, 0.4) is 0 Å². The van der Waals surface area contributed by atoms with Gasteiger partial charge in [0.05, 0.1) is 17.4 Å². The second-order valence-electron chi connectivity index (χ2n) is 5.94. The number of benzene rings is 1. The number of aryl methyl sites for hydroxylation is 1. The van der Waals surface area contributed by atoms with Crippen LogP contribution < -0.4 is 10.6 Å². The van der Waals surface area contributed by atoms with Gasteiger partial charge in [0, 0.05) is 12.4 Å². The lowest BCUT2D eigenvalue weighted by molar-refractivity contribution is 0.248. The van der Waals surface area contributed by atoms with E-state index in [2.05, 4.69) is 44.9 Å². The molecule has 26 heavy (non-hydrogen) atoms. The zero-order valence-corrected chi connectivity index (χ0v) is 15.1. The molecule has 1 unspecified atom stereocenters.